The smallest absolute Gasteiger partial charge is 0.0173 e. The molecule has 0 aromatic carbocycles. The zero-order valence-electron chi connectivity index (χ0n) is 9.57. The van der Waals surface area contributed by atoms with Gasteiger partial charge in [0.15, 0.2) is 0 Å². The maximum Gasteiger partial charge on any atom is -0.0173 e. The Bertz CT molecular complexity index is 66.1. The van der Waals surface area contributed by atoms with Crippen molar-refractivity contribution in [2.75, 3.05) is 0 Å². The van der Waals surface area contributed by atoms with Crippen LogP contribution in [0.4, 0.5) is 0 Å². The molecule has 0 atom stereocenters. The second-order valence-electron chi connectivity index (χ2n) is 3.87. The van der Waals surface area contributed by atoms with Gasteiger partial charge in [0.2, 0.25) is 0 Å². The Hall–Kier alpha value is 0. The van der Waals surface area contributed by atoms with Crippen molar-refractivity contribution in [3.05, 3.63) is 6.42 Å². The Morgan fingerprint density at radius 3 is 1.85 bits per heavy atom. The maximum absolute atomic E-state index is 3.48. The molecule has 13 heavy (non-hydrogen) atoms. The van der Waals surface area contributed by atoms with Gasteiger partial charge in [-0.25, -0.2) is 0 Å². The molecule has 0 unspecified atom stereocenters. The molecule has 0 N–H and O–H groups in total. The molecule has 0 aliphatic carbocycles. The van der Waals surface area contributed by atoms with Gasteiger partial charge in [0.05, 0.1) is 0 Å². The molecule has 0 aliphatic rings. The van der Waals surface area contributed by atoms with E-state index in [4.69, 9.17) is 0 Å². The molecule has 2 radical (unpaired) electrons. The van der Waals surface area contributed by atoms with Crippen molar-refractivity contribution >= 4 is 0 Å². The first-order chi connectivity index (χ1) is 6.41. The Labute approximate surface area is 85.1 Å². The molecule has 0 heteroatoms. The number of unbranched alkanes of at least 4 members (excludes halogenated alkanes) is 10. The lowest BCUT2D eigenvalue weighted by atomic mass is 10.1. The van der Waals surface area contributed by atoms with Gasteiger partial charge in [-0.3, -0.25) is 0 Å². The van der Waals surface area contributed by atoms with E-state index in [-0.39, 0.29) is 0 Å². The van der Waals surface area contributed by atoms with Crippen molar-refractivity contribution in [2.24, 2.45) is 0 Å². The summed E-state index contributed by atoms with van der Waals surface area (Å²) in [5.74, 6) is 0. The van der Waals surface area contributed by atoms with E-state index in [1.807, 2.05) is 0 Å². The van der Waals surface area contributed by atoms with Crippen molar-refractivity contribution in [1.82, 2.24) is 0 Å². The zero-order valence-corrected chi connectivity index (χ0v) is 9.57. The van der Waals surface area contributed by atoms with Crippen LogP contribution in [0.3, 0.4) is 0 Å². The van der Waals surface area contributed by atoms with E-state index in [2.05, 4.69) is 20.3 Å². The van der Waals surface area contributed by atoms with E-state index in [1.165, 1.54) is 64.2 Å². The third-order valence-electron chi connectivity index (χ3n) is 2.41. The van der Waals surface area contributed by atoms with Crippen LogP contribution in [-0.2, 0) is 0 Å². The predicted octanol–water partition coefficient (Wildman–Crippen LogP) is 5.01. The van der Waals surface area contributed by atoms with E-state index in [0.29, 0.717) is 0 Å². The van der Waals surface area contributed by atoms with Crippen LogP contribution in [0.2, 0.25) is 0 Å². The molecule has 0 aromatic heterocycles. The molecule has 0 amide bonds. The second kappa shape index (κ2) is 12.0. The number of rotatable bonds is 10. The normalized spacial score (nSPS) is 10.6. The van der Waals surface area contributed by atoms with Crippen molar-refractivity contribution in [1.29, 1.82) is 0 Å². The van der Waals surface area contributed by atoms with Crippen LogP contribution in [0.25, 0.3) is 0 Å². The van der Waals surface area contributed by atoms with Crippen LogP contribution >= 0.6 is 0 Å². The lowest BCUT2D eigenvalue weighted by Crippen LogP contribution is -1.81. The van der Waals surface area contributed by atoms with Gasteiger partial charge in [0, 0.05) is 0 Å². The molecule has 0 saturated carbocycles. The van der Waals surface area contributed by atoms with E-state index in [9.17, 15) is 0 Å². The third kappa shape index (κ3) is 12.0. The largest absolute Gasteiger partial charge is 0.0654 e. The van der Waals surface area contributed by atoms with E-state index in [0.717, 1.165) is 0 Å². The molecule has 0 saturated heterocycles. The van der Waals surface area contributed by atoms with E-state index in [1.54, 1.807) is 0 Å². The molecule has 0 aromatic rings. The number of hydrogen-bond donors (Lipinski definition) is 0. The van der Waals surface area contributed by atoms with Crippen molar-refractivity contribution in [3.63, 3.8) is 0 Å². The highest BCUT2D eigenvalue weighted by atomic mass is 14.0. The zero-order chi connectivity index (χ0) is 9.78. The van der Waals surface area contributed by atoms with Crippen LogP contribution in [0.15, 0.2) is 0 Å². The highest BCUT2D eigenvalue weighted by Gasteiger charge is 1.91. The van der Waals surface area contributed by atoms with Gasteiger partial charge in [0.25, 0.3) is 0 Å². The van der Waals surface area contributed by atoms with E-state index < -0.39 is 0 Å². The minimum Gasteiger partial charge on any atom is -0.0654 e. The first-order valence-electron chi connectivity index (χ1n) is 6.12. The summed E-state index contributed by atoms with van der Waals surface area (Å²) in [6.45, 7) is 4.51. The van der Waals surface area contributed by atoms with Gasteiger partial charge >= 0.3 is 0 Å². The molecule has 0 rings (SSSR count). The first-order valence-corrected chi connectivity index (χ1v) is 6.12. The fourth-order valence-corrected chi connectivity index (χ4v) is 1.46. The molecular formula is C13H26. The van der Waals surface area contributed by atoms with Crippen LogP contribution in [0.1, 0.15) is 78.1 Å². The minimum absolute atomic E-state index is 1.21. The highest BCUT2D eigenvalue weighted by Crippen LogP contribution is 2.10. The Balaban J connectivity index is 2.76. The van der Waals surface area contributed by atoms with Gasteiger partial charge in [-0.2, -0.15) is 0 Å². The van der Waals surface area contributed by atoms with Crippen LogP contribution < -0.4 is 0 Å². The van der Waals surface area contributed by atoms with Crippen molar-refractivity contribution in [2.45, 2.75) is 78.1 Å². The monoisotopic (exact) mass is 182 g/mol. The van der Waals surface area contributed by atoms with Crippen LogP contribution in [0, 0.1) is 6.42 Å². The van der Waals surface area contributed by atoms with Crippen LogP contribution in [0.5, 0.6) is 0 Å². The lowest BCUT2D eigenvalue weighted by molar-refractivity contribution is 0.597. The summed E-state index contributed by atoms with van der Waals surface area (Å²) >= 11 is 0. The standard InChI is InChI=1S/C13H26/c1-3-5-7-9-11-13-12-10-8-6-4-2/h3-9,11-13H2,1-2H3. The molecule has 0 nitrogen and oxygen atoms in total. The van der Waals surface area contributed by atoms with Gasteiger partial charge in [0.1, 0.15) is 0 Å². The summed E-state index contributed by atoms with van der Waals surface area (Å²) in [5, 5.41) is 0. The van der Waals surface area contributed by atoms with E-state index >= 15 is 0 Å². The number of hydrogen-bond acceptors (Lipinski definition) is 0. The lowest BCUT2D eigenvalue weighted by Gasteiger charge is -2.00. The van der Waals surface area contributed by atoms with Gasteiger partial charge in [-0.05, 0) is 19.3 Å². The average Bonchev–Trinajstić information content (AvgIpc) is 2.16. The predicted molar refractivity (Wildman–Crippen MR) is 60.8 cm³/mol. The van der Waals surface area contributed by atoms with Crippen molar-refractivity contribution in [3.8, 4) is 0 Å². The molecular weight excluding hydrogens is 156 g/mol. The topological polar surface area (TPSA) is 0 Å². The summed E-state index contributed by atoms with van der Waals surface area (Å²) in [7, 11) is 0. The maximum atomic E-state index is 3.48. The summed E-state index contributed by atoms with van der Waals surface area (Å²) in [6.07, 6.45) is 17.0. The highest BCUT2D eigenvalue weighted by molar-refractivity contribution is 4.63. The summed E-state index contributed by atoms with van der Waals surface area (Å²) in [6, 6.07) is 0. The quantitative estimate of drug-likeness (QED) is 0.417. The summed E-state index contributed by atoms with van der Waals surface area (Å²) in [4.78, 5) is 0. The molecule has 0 aliphatic heterocycles. The van der Waals surface area contributed by atoms with Crippen LogP contribution in [-0.4, -0.2) is 0 Å². The summed E-state index contributed by atoms with van der Waals surface area (Å²) in [5.41, 5.74) is 0. The first kappa shape index (κ1) is 13.0. The van der Waals surface area contributed by atoms with Gasteiger partial charge < -0.3 is 0 Å². The average molecular weight is 182 g/mol. The third-order valence-corrected chi connectivity index (χ3v) is 2.41. The molecule has 0 bridgehead atoms. The van der Waals surface area contributed by atoms with Gasteiger partial charge in [-0.1, -0.05) is 65.2 Å². The Morgan fingerprint density at radius 2 is 1.15 bits per heavy atom. The molecule has 0 fully saturated rings. The van der Waals surface area contributed by atoms with Crippen molar-refractivity contribution < 1.29 is 0 Å². The Morgan fingerprint density at radius 1 is 0.615 bits per heavy atom. The fraction of sp³-hybridized carbons (Fsp3) is 0.923. The molecule has 78 valence electrons. The molecule has 0 spiro atoms. The summed E-state index contributed by atoms with van der Waals surface area (Å²) < 4.78 is 0. The minimum atomic E-state index is 1.21. The SMILES string of the molecule is CCCC[C]CCCCCCCC. The second-order valence-corrected chi connectivity index (χ2v) is 3.87. The van der Waals surface area contributed by atoms with Gasteiger partial charge in [-0.15, -0.1) is 0 Å². The molecule has 0 heterocycles. The fourth-order valence-electron chi connectivity index (χ4n) is 1.46. The Kier molecular flexibility index (Phi) is 12.0.